The molecule has 0 radical (unpaired) electrons. The van der Waals surface area contributed by atoms with Gasteiger partial charge in [0.15, 0.2) is 0 Å². The summed E-state index contributed by atoms with van der Waals surface area (Å²) in [6.45, 7) is 1.90. The number of halogens is 1. The van der Waals surface area contributed by atoms with Crippen LogP contribution in [0.4, 0.5) is 5.69 Å². The van der Waals surface area contributed by atoms with Crippen molar-refractivity contribution in [2.24, 2.45) is 0 Å². The molecule has 6 heteroatoms. The second kappa shape index (κ2) is 6.25. The fraction of sp³-hybridized carbons (Fsp3) is 0.0625. The summed E-state index contributed by atoms with van der Waals surface area (Å²) in [7, 11) is 0. The van der Waals surface area contributed by atoms with E-state index in [2.05, 4.69) is 15.3 Å². The second-order valence-electron chi connectivity index (χ2n) is 4.66. The van der Waals surface area contributed by atoms with E-state index in [4.69, 9.17) is 11.6 Å². The Labute approximate surface area is 136 Å². The molecule has 0 unspecified atom stereocenters. The van der Waals surface area contributed by atoms with Crippen molar-refractivity contribution in [2.75, 3.05) is 5.32 Å². The van der Waals surface area contributed by atoms with Gasteiger partial charge in [0.2, 0.25) is 0 Å². The number of amides is 1. The SMILES string of the molecule is Cc1cccc(Cl)c1NC(=O)c1cnc(-c2cccnc2)s1. The van der Waals surface area contributed by atoms with Gasteiger partial charge < -0.3 is 5.32 Å². The van der Waals surface area contributed by atoms with Gasteiger partial charge in [-0.25, -0.2) is 4.98 Å². The molecule has 0 bridgehead atoms. The molecule has 3 rings (SSSR count). The number of pyridine rings is 1. The minimum Gasteiger partial charge on any atom is -0.320 e. The van der Waals surface area contributed by atoms with Crippen LogP contribution in [0.5, 0.6) is 0 Å². The van der Waals surface area contributed by atoms with Gasteiger partial charge in [-0.15, -0.1) is 11.3 Å². The average molecular weight is 330 g/mol. The zero-order chi connectivity index (χ0) is 15.5. The van der Waals surface area contributed by atoms with Crippen LogP contribution in [0.15, 0.2) is 48.9 Å². The predicted octanol–water partition coefficient (Wildman–Crippen LogP) is 4.42. The molecule has 0 fully saturated rings. The molecule has 0 aliphatic carbocycles. The zero-order valence-electron chi connectivity index (χ0n) is 11.7. The minimum absolute atomic E-state index is 0.219. The Bertz CT molecular complexity index is 797. The molecule has 0 saturated heterocycles. The van der Waals surface area contributed by atoms with Gasteiger partial charge in [0.25, 0.3) is 5.91 Å². The Morgan fingerprint density at radius 1 is 1.23 bits per heavy atom. The number of hydrogen-bond acceptors (Lipinski definition) is 4. The molecule has 1 aromatic carbocycles. The Balaban J connectivity index is 1.83. The van der Waals surface area contributed by atoms with Crippen molar-refractivity contribution in [1.82, 2.24) is 9.97 Å². The van der Waals surface area contributed by atoms with Crippen LogP contribution in [0.3, 0.4) is 0 Å². The van der Waals surface area contributed by atoms with E-state index in [1.807, 2.05) is 31.2 Å². The maximum Gasteiger partial charge on any atom is 0.267 e. The van der Waals surface area contributed by atoms with E-state index in [0.29, 0.717) is 15.6 Å². The average Bonchev–Trinajstić information content (AvgIpc) is 3.02. The number of anilines is 1. The van der Waals surface area contributed by atoms with Crippen LogP contribution in [0.2, 0.25) is 5.02 Å². The van der Waals surface area contributed by atoms with E-state index < -0.39 is 0 Å². The highest BCUT2D eigenvalue weighted by atomic mass is 35.5. The van der Waals surface area contributed by atoms with Crippen LogP contribution in [0, 0.1) is 6.92 Å². The van der Waals surface area contributed by atoms with E-state index in [0.717, 1.165) is 16.1 Å². The highest BCUT2D eigenvalue weighted by Crippen LogP contribution is 2.28. The van der Waals surface area contributed by atoms with Crippen molar-refractivity contribution in [3.63, 3.8) is 0 Å². The molecule has 3 aromatic rings. The molecular weight excluding hydrogens is 318 g/mol. The number of rotatable bonds is 3. The molecule has 0 saturated carbocycles. The number of aryl methyl sites for hydroxylation is 1. The van der Waals surface area contributed by atoms with Gasteiger partial charge in [0.1, 0.15) is 9.88 Å². The number of nitrogens with zero attached hydrogens (tertiary/aromatic N) is 2. The zero-order valence-corrected chi connectivity index (χ0v) is 13.3. The number of hydrogen-bond donors (Lipinski definition) is 1. The third-order valence-electron chi connectivity index (χ3n) is 3.10. The summed E-state index contributed by atoms with van der Waals surface area (Å²) in [5, 5.41) is 4.12. The monoisotopic (exact) mass is 329 g/mol. The first-order chi connectivity index (χ1) is 10.6. The number of nitrogens with one attached hydrogen (secondary N) is 1. The summed E-state index contributed by atoms with van der Waals surface area (Å²) >= 11 is 7.45. The molecule has 1 N–H and O–H groups in total. The van der Waals surface area contributed by atoms with Gasteiger partial charge in [0.05, 0.1) is 16.9 Å². The molecule has 0 aliphatic rings. The molecule has 4 nitrogen and oxygen atoms in total. The standard InChI is InChI=1S/C16H12ClN3OS/c1-10-4-2-6-12(17)14(10)20-15(21)13-9-19-16(22-13)11-5-3-7-18-8-11/h2-9H,1H3,(H,20,21). The largest absolute Gasteiger partial charge is 0.320 e. The lowest BCUT2D eigenvalue weighted by Gasteiger charge is -2.08. The lowest BCUT2D eigenvalue weighted by atomic mass is 10.2. The van der Waals surface area contributed by atoms with Crippen LogP contribution in [0.25, 0.3) is 10.6 Å². The first-order valence-corrected chi connectivity index (χ1v) is 7.77. The Hall–Kier alpha value is -2.24. The maximum atomic E-state index is 12.3. The number of thiazole rings is 1. The van der Waals surface area contributed by atoms with Gasteiger partial charge in [-0.2, -0.15) is 0 Å². The molecule has 0 atom stereocenters. The van der Waals surface area contributed by atoms with Crippen LogP contribution >= 0.6 is 22.9 Å². The number of carbonyl (C=O) groups is 1. The summed E-state index contributed by atoms with van der Waals surface area (Å²) in [6.07, 6.45) is 4.98. The van der Waals surface area contributed by atoms with Gasteiger partial charge in [-0.1, -0.05) is 23.7 Å². The fourth-order valence-corrected chi connectivity index (χ4v) is 3.04. The molecule has 2 aromatic heterocycles. The molecule has 22 heavy (non-hydrogen) atoms. The number of para-hydroxylation sites is 1. The summed E-state index contributed by atoms with van der Waals surface area (Å²) in [4.78, 5) is 21.2. The number of carbonyl (C=O) groups excluding carboxylic acids is 1. The molecule has 0 spiro atoms. The second-order valence-corrected chi connectivity index (χ2v) is 6.10. The highest BCUT2D eigenvalue weighted by molar-refractivity contribution is 7.17. The molecular formula is C16H12ClN3OS. The summed E-state index contributed by atoms with van der Waals surface area (Å²) in [6, 6.07) is 9.24. The molecule has 1 amide bonds. The fourth-order valence-electron chi connectivity index (χ4n) is 1.97. The van der Waals surface area contributed by atoms with Gasteiger partial charge in [0, 0.05) is 18.0 Å². The van der Waals surface area contributed by atoms with Crippen LogP contribution < -0.4 is 5.32 Å². The smallest absolute Gasteiger partial charge is 0.267 e. The summed E-state index contributed by atoms with van der Waals surface area (Å²) in [5.41, 5.74) is 2.43. The number of aromatic nitrogens is 2. The van der Waals surface area contributed by atoms with Crippen molar-refractivity contribution in [2.45, 2.75) is 6.92 Å². The highest BCUT2D eigenvalue weighted by Gasteiger charge is 2.14. The first-order valence-electron chi connectivity index (χ1n) is 6.58. The van der Waals surface area contributed by atoms with Crippen molar-refractivity contribution in [1.29, 1.82) is 0 Å². The van der Waals surface area contributed by atoms with Crippen LogP contribution in [0.1, 0.15) is 15.2 Å². The molecule has 0 aliphatic heterocycles. The van der Waals surface area contributed by atoms with E-state index in [1.54, 1.807) is 24.7 Å². The van der Waals surface area contributed by atoms with Gasteiger partial charge in [-0.05, 0) is 30.7 Å². The minimum atomic E-state index is -0.219. The van der Waals surface area contributed by atoms with Gasteiger partial charge >= 0.3 is 0 Å². The van der Waals surface area contributed by atoms with Crippen molar-refractivity contribution in [3.05, 3.63) is 64.4 Å². The third-order valence-corrected chi connectivity index (χ3v) is 4.46. The van der Waals surface area contributed by atoms with Crippen LogP contribution in [-0.2, 0) is 0 Å². The predicted molar refractivity (Wildman–Crippen MR) is 89.5 cm³/mol. The topological polar surface area (TPSA) is 54.9 Å². The Kier molecular flexibility index (Phi) is 4.18. The van der Waals surface area contributed by atoms with Crippen molar-refractivity contribution < 1.29 is 4.79 Å². The van der Waals surface area contributed by atoms with E-state index >= 15 is 0 Å². The molecule has 2 heterocycles. The number of benzene rings is 1. The van der Waals surface area contributed by atoms with E-state index in [1.165, 1.54) is 11.3 Å². The van der Waals surface area contributed by atoms with Crippen LogP contribution in [-0.4, -0.2) is 15.9 Å². The quantitative estimate of drug-likeness (QED) is 0.774. The van der Waals surface area contributed by atoms with E-state index in [9.17, 15) is 4.79 Å². The maximum absolute atomic E-state index is 12.3. The first kappa shape index (κ1) is 14.7. The Morgan fingerprint density at radius 3 is 2.82 bits per heavy atom. The third kappa shape index (κ3) is 3.00. The summed E-state index contributed by atoms with van der Waals surface area (Å²) in [5.74, 6) is -0.219. The lowest BCUT2D eigenvalue weighted by molar-refractivity contribution is 0.103. The Morgan fingerprint density at radius 2 is 2.09 bits per heavy atom. The van der Waals surface area contributed by atoms with Crippen molar-refractivity contribution in [3.8, 4) is 10.6 Å². The van der Waals surface area contributed by atoms with Gasteiger partial charge in [-0.3, -0.25) is 9.78 Å². The van der Waals surface area contributed by atoms with E-state index in [-0.39, 0.29) is 5.91 Å². The molecule has 110 valence electrons. The summed E-state index contributed by atoms with van der Waals surface area (Å²) < 4.78 is 0. The lowest BCUT2D eigenvalue weighted by Crippen LogP contribution is -2.11. The van der Waals surface area contributed by atoms with Crippen molar-refractivity contribution >= 4 is 34.5 Å². The normalized spacial score (nSPS) is 10.5.